The normalized spacial score (nSPS) is 11.5. The Balaban J connectivity index is 2.76. The molecule has 1 heterocycles. The lowest BCUT2D eigenvalue weighted by atomic mass is 10.0. The van der Waals surface area contributed by atoms with E-state index in [-0.39, 0.29) is 0 Å². The Kier molecular flexibility index (Phi) is 2.56. The molecule has 0 atom stereocenters. The topological polar surface area (TPSA) is 4.93 Å². The summed E-state index contributed by atoms with van der Waals surface area (Å²) in [6, 6.07) is 6.73. The average Bonchev–Trinajstić information content (AvgIpc) is 2.55. The maximum atomic E-state index is 2.34. The Hall–Kier alpha value is -1.24. The van der Waals surface area contributed by atoms with Gasteiger partial charge < -0.3 is 4.57 Å². The zero-order chi connectivity index (χ0) is 11.0. The zero-order valence-corrected chi connectivity index (χ0v) is 10.0. The van der Waals surface area contributed by atoms with Crippen LogP contribution in [0.15, 0.2) is 24.4 Å². The van der Waals surface area contributed by atoms with Crippen molar-refractivity contribution in [3.8, 4) is 0 Å². The highest BCUT2D eigenvalue weighted by Crippen LogP contribution is 2.28. The van der Waals surface area contributed by atoms with Crippen LogP contribution in [0, 0.1) is 6.92 Å². The molecule has 0 saturated heterocycles. The third kappa shape index (κ3) is 1.67. The van der Waals surface area contributed by atoms with E-state index in [2.05, 4.69) is 56.7 Å². The van der Waals surface area contributed by atoms with Gasteiger partial charge in [0, 0.05) is 23.6 Å². The maximum absolute atomic E-state index is 2.34. The number of hydrogen-bond acceptors (Lipinski definition) is 0. The van der Waals surface area contributed by atoms with Crippen LogP contribution in [0.2, 0.25) is 0 Å². The molecule has 1 nitrogen and oxygen atoms in total. The van der Waals surface area contributed by atoms with Crippen molar-refractivity contribution in [1.82, 2.24) is 4.57 Å². The molecule has 1 aromatic heterocycles. The van der Waals surface area contributed by atoms with Gasteiger partial charge in [-0.05, 0) is 37.5 Å². The van der Waals surface area contributed by atoms with E-state index < -0.39 is 0 Å². The van der Waals surface area contributed by atoms with Crippen molar-refractivity contribution in [2.45, 2.75) is 40.2 Å². The van der Waals surface area contributed by atoms with E-state index in [4.69, 9.17) is 0 Å². The van der Waals surface area contributed by atoms with E-state index in [1.807, 2.05) is 0 Å². The van der Waals surface area contributed by atoms with E-state index in [9.17, 15) is 0 Å². The first-order chi connectivity index (χ1) is 7.13. The van der Waals surface area contributed by atoms with Crippen LogP contribution in [-0.2, 0) is 6.54 Å². The minimum atomic E-state index is 0.599. The van der Waals surface area contributed by atoms with Crippen LogP contribution in [-0.4, -0.2) is 4.57 Å². The summed E-state index contributed by atoms with van der Waals surface area (Å²) in [7, 11) is 0. The van der Waals surface area contributed by atoms with Crippen LogP contribution in [0.1, 0.15) is 37.8 Å². The summed E-state index contributed by atoms with van der Waals surface area (Å²) in [5.41, 5.74) is 4.18. The number of nitrogens with zero attached hydrogens (tertiary/aromatic N) is 1. The van der Waals surface area contributed by atoms with Gasteiger partial charge in [-0.3, -0.25) is 0 Å². The molecule has 0 fully saturated rings. The Bertz CT molecular complexity index is 477. The van der Waals surface area contributed by atoms with Gasteiger partial charge in [0.1, 0.15) is 0 Å². The Morgan fingerprint density at radius 1 is 1.27 bits per heavy atom. The first-order valence-electron chi connectivity index (χ1n) is 5.73. The van der Waals surface area contributed by atoms with E-state index in [1.165, 1.54) is 22.0 Å². The smallest absolute Gasteiger partial charge is 0.0483 e. The zero-order valence-electron chi connectivity index (χ0n) is 10.0. The highest BCUT2D eigenvalue weighted by molar-refractivity contribution is 5.85. The number of fused-ring (bicyclic) bond motifs is 1. The molecule has 0 aliphatic carbocycles. The molecule has 0 radical (unpaired) electrons. The van der Waals surface area contributed by atoms with Gasteiger partial charge in [-0.15, -0.1) is 0 Å². The number of hydrogen-bond donors (Lipinski definition) is 0. The summed E-state index contributed by atoms with van der Waals surface area (Å²) in [5.74, 6) is 0.599. The lowest BCUT2D eigenvalue weighted by molar-refractivity contribution is 0.780. The Labute approximate surface area is 91.7 Å². The second-order valence-corrected chi connectivity index (χ2v) is 4.55. The molecular formula is C14H19N. The van der Waals surface area contributed by atoms with E-state index >= 15 is 0 Å². The molecule has 0 unspecified atom stereocenters. The van der Waals surface area contributed by atoms with Crippen LogP contribution in [0.3, 0.4) is 0 Å². The third-order valence-corrected chi connectivity index (χ3v) is 3.03. The van der Waals surface area contributed by atoms with Crippen LogP contribution < -0.4 is 0 Å². The van der Waals surface area contributed by atoms with Crippen molar-refractivity contribution in [2.24, 2.45) is 0 Å². The molecule has 15 heavy (non-hydrogen) atoms. The van der Waals surface area contributed by atoms with E-state index in [1.54, 1.807) is 0 Å². The molecule has 0 aliphatic rings. The minimum absolute atomic E-state index is 0.599. The van der Waals surface area contributed by atoms with Crippen molar-refractivity contribution in [3.63, 3.8) is 0 Å². The van der Waals surface area contributed by atoms with Crippen LogP contribution in [0.25, 0.3) is 10.9 Å². The first kappa shape index (κ1) is 10.3. The van der Waals surface area contributed by atoms with Crippen molar-refractivity contribution < 1.29 is 0 Å². The van der Waals surface area contributed by atoms with Gasteiger partial charge in [0.05, 0.1) is 0 Å². The summed E-state index contributed by atoms with van der Waals surface area (Å²) in [6.45, 7) is 9.93. The summed E-state index contributed by atoms with van der Waals surface area (Å²) >= 11 is 0. The SMILES string of the molecule is CCn1cc(C(C)C)c2cc(C)ccc21. The monoisotopic (exact) mass is 201 g/mol. The molecule has 0 bridgehead atoms. The van der Waals surface area contributed by atoms with E-state index in [0.29, 0.717) is 5.92 Å². The van der Waals surface area contributed by atoms with Crippen molar-refractivity contribution >= 4 is 10.9 Å². The minimum Gasteiger partial charge on any atom is -0.347 e. The number of benzene rings is 1. The predicted molar refractivity (Wildman–Crippen MR) is 66.4 cm³/mol. The molecule has 0 amide bonds. The molecular weight excluding hydrogens is 182 g/mol. The first-order valence-corrected chi connectivity index (χ1v) is 5.73. The van der Waals surface area contributed by atoms with Gasteiger partial charge >= 0.3 is 0 Å². The standard InChI is InChI=1S/C14H19N/c1-5-15-9-13(10(2)3)12-8-11(4)6-7-14(12)15/h6-10H,5H2,1-4H3. The fourth-order valence-corrected chi connectivity index (χ4v) is 2.16. The van der Waals surface area contributed by atoms with Crippen molar-refractivity contribution in [2.75, 3.05) is 0 Å². The van der Waals surface area contributed by atoms with Crippen LogP contribution in [0.4, 0.5) is 0 Å². The van der Waals surface area contributed by atoms with Crippen molar-refractivity contribution in [1.29, 1.82) is 0 Å². The van der Waals surface area contributed by atoms with Crippen molar-refractivity contribution in [3.05, 3.63) is 35.5 Å². The predicted octanol–water partition coefficient (Wildman–Crippen LogP) is 4.09. The van der Waals surface area contributed by atoms with Gasteiger partial charge in [-0.2, -0.15) is 0 Å². The fourth-order valence-electron chi connectivity index (χ4n) is 2.16. The van der Waals surface area contributed by atoms with Gasteiger partial charge in [-0.1, -0.05) is 25.5 Å². The molecule has 80 valence electrons. The number of aromatic nitrogens is 1. The second-order valence-electron chi connectivity index (χ2n) is 4.55. The Morgan fingerprint density at radius 2 is 2.00 bits per heavy atom. The molecule has 1 heteroatoms. The molecule has 1 aromatic carbocycles. The molecule has 0 N–H and O–H groups in total. The lowest BCUT2D eigenvalue weighted by Gasteiger charge is -2.02. The molecule has 2 aromatic rings. The molecule has 2 rings (SSSR count). The second kappa shape index (κ2) is 3.73. The van der Waals surface area contributed by atoms with Gasteiger partial charge in [0.2, 0.25) is 0 Å². The van der Waals surface area contributed by atoms with E-state index in [0.717, 1.165) is 6.54 Å². The molecule has 0 saturated carbocycles. The average molecular weight is 201 g/mol. The fraction of sp³-hybridized carbons (Fsp3) is 0.429. The molecule has 0 spiro atoms. The van der Waals surface area contributed by atoms with Crippen LogP contribution in [0.5, 0.6) is 0 Å². The van der Waals surface area contributed by atoms with Gasteiger partial charge in [0.25, 0.3) is 0 Å². The quantitative estimate of drug-likeness (QED) is 0.689. The highest BCUT2D eigenvalue weighted by Gasteiger charge is 2.10. The summed E-state index contributed by atoms with van der Waals surface area (Å²) in [4.78, 5) is 0. The molecule has 0 aliphatic heterocycles. The number of aryl methyl sites for hydroxylation is 2. The Morgan fingerprint density at radius 3 is 2.60 bits per heavy atom. The van der Waals surface area contributed by atoms with Crippen LogP contribution >= 0.6 is 0 Å². The summed E-state index contributed by atoms with van der Waals surface area (Å²) < 4.78 is 2.34. The highest BCUT2D eigenvalue weighted by atomic mass is 14.9. The van der Waals surface area contributed by atoms with Gasteiger partial charge in [0.15, 0.2) is 0 Å². The van der Waals surface area contributed by atoms with Gasteiger partial charge in [-0.25, -0.2) is 0 Å². The summed E-state index contributed by atoms with van der Waals surface area (Å²) in [5, 5.41) is 1.42. The summed E-state index contributed by atoms with van der Waals surface area (Å²) in [6.07, 6.45) is 2.30. The maximum Gasteiger partial charge on any atom is 0.0483 e. The third-order valence-electron chi connectivity index (χ3n) is 3.03. The largest absolute Gasteiger partial charge is 0.347 e. The number of rotatable bonds is 2. The lowest BCUT2D eigenvalue weighted by Crippen LogP contribution is -1.90.